The number of amides is 1. The van der Waals surface area contributed by atoms with Crippen molar-refractivity contribution in [1.29, 1.82) is 0 Å². The lowest BCUT2D eigenvalue weighted by Crippen LogP contribution is -2.42. The Morgan fingerprint density at radius 1 is 1.12 bits per heavy atom. The fourth-order valence-electron chi connectivity index (χ4n) is 2.16. The standard InChI is InChI=1S/C17H19ClN2O3S/c1-13(2)19-17(21)12-20(15-8-6-7-14(18)11-15)24(22,23)16-9-4-3-5-10-16/h3-11,13H,12H2,1-2H3,(H,19,21). The van der Waals surface area contributed by atoms with Gasteiger partial charge < -0.3 is 5.32 Å². The second-order valence-electron chi connectivity index (χ2n) is 5.53. The van der Waals surface area contributed by atoms with Crippen LogP contribution < -0.4 is 9.62 Å². The summed E-state index contributed by atoms with van der Waals surface area (Å²) in [6, 6.07) is 14.3. The van der Waals surface area contributed by atoms with Gasteiger partial charge in [-0.2, -0.15) is 0 Å². The molecule has 2 aromatic carbocycles. The van der Waals surface area contributed by atoms with Crippen LogP contribution in [0.5, 0.6) is 0 Å². The van der Waals surface area contributed by atoms with Crippen LogP contribution in [0.2, 0.25) is 5.02 Å². The summed E-state index contributed by atoms with van der Waals surface area (Å²) in [6.45, 7) is 3.30. The van der Waals surface area contributed by atoms with Crippen molar-refractivity contribution in [3.63, 3.8) is 0 Å². The molecule has 0 saturated heterocycles. The number of benzene rings is 2. The lowest BCUT2D eigenvalue weighted by atomic mass is 10.3. The highest BCUT2D eigenvalue weighted by atomic mass is 35.5. The molecule has 0 spiro atoms. The molecule has 128 valence electrons. The Morgan fingerprint density at radius 2 is 1.79 bits per heavy atom. The van der Waals surface area contributed by atoms with Crippen LogP contribution in [0.3, 0.4) is 0 Å². The molecule has 0 aliphatic rings. The lowest BCUT2D eigenvalue weighted by Gasteiger charge is -2.24. The van der Waals surface area contributed by atoms with E-state index in [0.717, 1.165) is 4.31 Å². The molecule has 1 amide bonds. The highest BCUT2D eigenvalue weighted by Crippen LogP contribution is 2.25. The molecule has 0 atom stereocenters. The first-order valence-corrected chi connectivity index (χ1v) is 9.25. The minimum atomic E-state index is -3.89. The van der Waals surface area contributed by atoms with E-state index in [1.165, 1.54) is 18.2 Å². The maximum Gasteiger partial charge on any atom is 0.264 e. The highest BCUT2D eigenvalue weighted by Gasteiger charge is 2.27. The van der Waals surface area contributed by atoms with Crippen LogP contribution in [0.25, 0.3) is 0 Å². The second-order valence-corrected chi connectivity index (χ2v) is 7.83. The maximum absolute atomic E-state index is 13.0. The Bertz CT molecular complexity index is 808. The van der Waals surface area contributed by atoms with Crippen molar-refractivity contribution in [3.05, 3.63) is 59.6 Å². The zero-order valence-corrected chi connectivity index (χ0v) is 15.0. The van der Waals surface area contributed by atoms with E-state index in [0.29, 0.717) is 10.7 Å². The molecule has 0 aliphatic carbocycles. The zero-order valence-electron chi connectivity index (χ0n) is 13.4. The van der Waals surface area contributed by atoms with Crippen LogP contribution in [0.1, 0.15) is 13.8 Å². The SMILES string of the molecule is CC(C)NC(=O)CN(c1cccc(Cl)c1)S(=O)(=O)c1ccccc1. The van der Waals surface area contributed by atoms with Gasteiger partial charge in [-0.15, -0.1) is 0 Å². The summed E-state index contributed by atoms with van der Waals surface area (Å²) in [5.74, 6) is -0.385. The number of hydrogen-bond acceptors (Lipinski definition) is 3. The van der Waals surface area contributed by atoms with Gasteiger partial charge in [-0.3, -0.25) is 9.10 Å². The Labute approximate surface area is 147 Å². The Hall–Kier alpha value is -2.05. The number of sulfonamides is 1. The number of nitrogens with one attached hydrogen (secondary N) is 1. The van der Waals surface area contributed by atoms with E-state index in [1.807, 2.05) is 13.8 Å². The minimum absolute atomic E-state index is 0.0851. The normalized spacial score (nSPS) is 11.3. The average molecular weight is 367 g/mol. The third-order valence-corrected chi connectivity index (χ3v) is 5.19. The first-order valence-electron chi connectivity index (χ1n) is 7.43. The molecule has 24 heavy (non-hydrogen) atoms. The summed E-state index contributed by atoms with van der Waals surface area (Å²) in [5.41, 5.74) is 0.338. The predicted molar refractivity (Wildman–Crippen MR) is 95.7 cm³/mol. The molecule has 0 radical (unpaired) electrons. The summed E-state index contributed by atoms with van der Waals surface area (Å²) >= 11 is 5.98. The molecule has 0 heterocycles. The van der Waals surface area contributed by atoms with Crippen LogP contribution >= 0.6 is 11.6 Å². The molecule has 0 fully saturated rings. The van der Waals surface area contributed by atoms with Gasteiger partial charge in [-0.05, 0) is 44.2 Å². The number of hydrogen-bond donors (Lipinski definition) is 1. The molecular weight excluding hydrogens is 348 g/mol. The molecule has 0 saturated carbocycles. The van der Waals surface area contributed by atoms with Gasteiger partial charge in [0, 0.05) is 11.1 Å². The molecule has 7 heteroatoms. The van der Waals surface area contributed by atoms with Gasteiger partial charge in [0.05, 0.1) is 10.6 Å². The number of carbonyl (C=O) groups is 1. The van der Waals surface area contributed by atoms with Gasteiger partial charge in [-0.25, -0.2) is 8.42 Å². The number of nitrogens with zero attached hydrogens (tertiary/aromatic N) is 1. The van der Waals surface area contributed by atoms with E-state index in [-0.39, 0.29) is 23.4 Å². The van der Waals surface area contributed by atoms with E-state index in [9.17, 15) is 13.2 Å². The Balaban J connectivity index is 2.45. The molecular formula is C17H19ClN2O3S. The van der Waals surface area contributed by atoms with E-state index >= 15 is 0 Å². The molecule has 5 nitrogen and oxygen atoms in total. The highest BCUT2D eigenvalue weighted by molar-refractivity contribution is 7.92. The van der Waals surface area contributed by atoms with Crippen LogP contribution in [-0.4, -0.2) is 26.9 Å². The molecule has 2 aromatic rings. The molecule has 2 rings (SSSR count). The summed E-state index contributed by atoms with van der Waals surface area (Å²) < 4.78 is 27.0. The molecule has 0 aromatic heterocycles. The monoisotopic (exact) mass is 366 g/mol. The van der Waals surface area contributed by atoms with Gasteiger partial charge in [0.15, 0.2) is 0 Å². The topological polar surface area (TPSA) is 66.5 Å². The molecule has 0 bridgehead atoms. The van der Waals surface area contributed by atoms with Crippen molar-refractivity contribution >= 4 is 33.2 Å². The van der Waals surface area contributed by atoms with E-state index in [2.05, 4.69) is 5.32 Å². The van der Waals surface area contributed by atoms with Crippen molar-refractivity contribution < 1.29 is 13.2 Å². The Morgan fingerprint density at radius 3 is 2.38 bits per heavy atom. The third-order valence-electron chi connectivity index (χ3n) is 3.16. The van der Waals surface area contributed by atoms with Crippen molar-refractivity contribution in [2.45, 2.75) is 24.8 Å². The van der Waals surface area contributed by atoms with Crippen LogP contribution in [0.15, 0.2) is 59.5 Å². The minimum Gasteiger partial charge on any atom is -0.352 e. The van der Waals surface area contributed by atoms with Gasteiger partial charge in [0.2, 0.25) is 5.91 Å². The fourth-order valence-corrected chi connectivity index (χ4v) is 3.78. The molecule has 0 aliphatic heterocycles. The summed E-state index contributed by atoms with van der Waals surface area (Å²) in [6.07, 6.45) is 0. The maximum atomic E-state index is 13.0. The van der Waals surface area contributed by atoms with Crippen molar-refractivity contribution in [2.75, 3.05) is 10.8 Å². The molecule has 1 N–H and O–H groups in total. The second kappa shape index (κ2) is 7.68. The lowest BCUT2D eigenvalue weighted by molar-refractivity contribution is -0.120. The first-order chi connectivity index (χ1) is 11.3. The van der Waals surface area contributed by atoms with Crippen LogP contribution in [0, 0.1) is 0 Å². The van der Waals surface area contributed by atoms with Gasteiger partial charge >= 0.3 is 0 Å². The fraction of sp³-hybridized carbons (Fsp3) is 0.235. The quantitative estimate of drug-likeness (QED) is 0.854. The summed E-state index contributed by atoms with van der Waals surface area (Å²) in [5, 5.41) is 3.10. The van der Waals surface area contributed by atoms with Crippen LogP contribution in [-0.2, 0) is 14.8 Å². The van der Waals surface area contributed by atoms with Gasteiger partial charge in [-0.1, -0.05) is 35.9 Å². The van der Waals surface area contributed by atoms with Crippen molar-refractivity contribution in [2.24, 2.45) is 0 Å². The number of anilines is 1. The predicted octanol–water partition coefficient (Wildman–Crippen LogP) is 3.06. The van der Waals surface area contributed by atoms with Crippen LogP contribution in [0.4, 0.5) is 5.69 Å². The number of carbonyl (C=O) groups excluding carboxylic acids is 1. The smallest absolute Gasteiger partial charge is 0.264 e. The van der Waals surface area contributed by atoms with Crippen molar-refractivity contribution in [1.82, 2.24) is 5.32 Å². The number of halogens is 1. The third kappa shape index (κ3) is 4.49. The largest absolute Gasteiger partial charge is 0.352 e. The van der Waals surface area contributed by atoms with Gasteiger partial charge in [0.25, 0.3) is 10.0 Å². The van der Waals surface area contributed by atoms with Gasteiger partial charge in [0.1, 0.15) is 6.54 Å². The summed E-state index contributed by atoms with van der Waals surface area (Å²) in [7, 11) is -3.89. The molecule has 0 unspecified atom stereocenters. The Kier molecular flexibility index (Phi) is 5.85. The van der Waals surface area contributed by atoms with E-state index in [1.54, 1.807) is 36.4 Å². The van der Waals surface area contributed by atoms with E-state index < -0.39 is 10.0 Å². The average Bonchev–Trinajstić information content (AvgIpc) is 2.52. The van der Waals surface area contributed by atoms with Crippen molar-refractivity contribution in [3.8, 4) is 0 Å². The van der Waals surface area contributed by atoms with E-state index in [4.69, 9.17) is 11.6 Å². The summed E-state index contributed by atoms with van der Waals surface area (Å²) in [4.78, 5) is 12.3. The number of rotatable bonds is 6. The zero-order chi connectivity index (χ0) is 17.7. The first kappa shape index (κ1) is 18.3.